The summed E-state index contributed by atoms with van der Waals surface area (Å²) in [6, 6.07) is 0. The molecule has 4 nitrogen and oxygen atoms in total. The van der Waals surface area contributed by atoms with Gasteiger partial charge in [-0.1, -0.05) is 18.0 Å². The summed E-state index contributed by atoms with van der Waals surface area (Å²) in [5.41, 5.74) is 5.71. The zero-order valence-corrected chi connectivity index (χ0v) is 10.6. The van der Waals surface area contributed by atoms with Gasteiger partial charge in [-0.25, -0.2) is 0 Å². The zero-order chi connectivity index (χ0) is 13.9. The lowest BCUT2D eigenvalue weighted by molar-refractivity contribution is -0.134. The third kappa shape index (κ3) is 3.92. The summed E-state index contributed by atoms with van der Waals surface area (Å²) >= 11 is 0. The minimum Gasteiger partial charge on any atom is -0.339 e. The molecule has 1 saturated carbocycles. The van der Waals surface area contributed by atoms with E-state index in [1.807, 2.05) is 0 Å². The summed E-state index contributed by atoms with van der Waals surface area (Å²) < 4.78 is 41.5. The monoisotopic (exact) mass is 277 g/mol. The number of halogens is 3. The molecule has 1 aliphatic carbocycles. The van der Waals surface area contributed by atoms with Crippen LogP contribution in [0.2, 0.25) is 0 Å². The molecule has 0 bridgehead atoms. The molecule has 2 N–H and O–H groups in total. The van der Waals surface area contributed by atoms with Crippen molar-refractivity contribution in [1.29, 1.82) is 0 Å². The molecule has 0 amide bonds. The van der Waals surface area contributed by atoms with Crippen molar-refractivity contribution in [3.63, 3.8) is 0 Å². The summed E-state index contributed by atoms with van der Waals surface area (Å²) in [4.78, 5) is 4.10. The van der Waals surface area contributed by atoms with Crippen molar-refractivity contribution in [1.82, 2.24) is 10.1 Å². The van der Waals surface area contributed by atoms with Crippen LogP contribution in [0.25, 0.3) is 0 Å². The Morgan fingerprint density at radius 3 is 2.68 bits per heavy atom. The first-order chi connectivity index (χ1) is 8.99. The van der Waals surface area contributed by atoms with Gasteiger partial charge in [0.2, 0.25) is 5.89 Å². The van der Waals surface area contributed by atoms with Gasteiger partial charge in [0.15, 0.2) is 5.82 Å². The molecule has 2 rings (SSSR count). The quantitative estimate of drug-likeness (QED) is 0.919. The van der Waals surface area contributed by atoms with Gasteiger partial charge in [0.05, 0.1) is 6.42 Å². The van der Waals surface area contributed by atoms with E-state index in [1.54, 1.807) is 0 Å². The van der Waals surface area contributed by atoms with Crippen LogP contribution in [0.3, 0.4) is 0 Å². The Labute approximate surface area is 109 Å². The third-order valence-corrected chi connectivity index (χ3v) is 3.64. The van der Waals surface area contributed by atoms with Gasteiger partial charge >= 0.3 is 6.18 Å². The van der Waals surface area contributed by atoms with Gasteiger partial charge in [0.25, 0.3) is 0 Å². The second-order valence-electron chi connectivity index (χ2n) is 5.05. The van der Waals surface area contributed by atoms with Crippen LogP contribution in [0, 0.1) is 5.92 Å². The number of hydrogen-bond donors (Lipinski definition) is 1. The van der Waals surface area contributed by atoms with Crippen molar-refractivity contribution in [3.8, 4) is 0 Å². The molecule has 2 atom stereocenters. The van der Waals surface area contributed by atoms with Gasteiger partial charge in [0.1, 0.15) is 0 Å². The summed E-state index contributed by atoms with van der Waals surface area (Å²) in [6.07, 6.45) is -1.20. The Bertz CT molecular complexity index is 405. The molecule has 1 aromatic heterocycles. The Balaban J connectivity index is 1.99. The smallest absolute Gasteiger partial charge is 0.339 e. The Hall–Kier alpha value is -1.11. The van der Waals surface area contributed by atoms with Crippen molar-refractivity contribution < 1.29 is 17.7 Å². The van der Waals surface area contributed by atoms with Crippen LogP contribution in [-0.2, 0) is 6.42 Å². The van der Waals surface area contributed by atoms with Crippen LogP contribution in [-0.4, -0.2) is 22.9 Å². The fourth-order valence-electron chi connectivity index (χ4n) is 2.59. The molecular weight excluding hydrogens is 259 g/mol. The molecule has 1 fully saturated rings. The zero-order valence-electron chi connectivity index (χ0n) is 10.6. The van der Waals surface area contributed by atoms with Gasteiger partial charge in [-0.15, -0.1) is 0 Å². The van der Waals surface area contributed by atoms with E-state index in [2.05, 4.69) is 10.1 Å². The van der Waals surface area contributed by atoms with Crippen LogP contribution in [0.5, 0.6) is 0 Å². The predicted octanol–water partition coefficient (Wildman–Crippen LogP) is 2.80. The maximum absolute atomic E-state index is 12.1. The number of rotatable bonds is 4. The molecule has 0 aromatic carbocycles. The Morgan fingerprint density at radius 1 is 1.26 bits per heavy atom. The molecule has 1 heterocycles. The Kier molecular flexibility index (Phi) is 4.44. The highest BCUT2D eigenvalue weighted by Crippen LogP contribution is 2.36. The van der Waals surface area contributed by atoms with E-state index in [0.29, 0.717) is 18.4 Å². The van der Waals surface area contributed by atoms with Gasteiger partial charge in [-0.05, 0) is 25.3 Å². The molecular formula is C12H18F3N3O. The molecule has 19 heavy (non-hydrogen) atoms. The number of nitrogens with zero attached hydrogens (tertiary/aromatic N) is 2. The standard InChI is InChI=1S/C12H18F3N3O/c13-12(14,15)6-5-10-17-11(19-18-10)9-4-2-1-3-8(9)7-16/h8-9H,1-7,16H2. The number of hydrogen-bond acceptors (Lipinski definition) is 4. The second-order valence-corrected chi connectivity index (χ2v) is 5.05. The van der Waals surface area contributed by atoms with Gasteiger partial charge < -0.3 is 10.3 Å². The molecule has 0 saturated heterocycles. The van der Waals surface area contributed by atoms with E-state index < -0.39 is 12.6 Å². The molecule has 2 unspecified atom stereocenters. The first kappa shape index (κ1) is 14.3. The first-order valence-electron chi connectivity index (χ1n) is 6.59. The van der Waals surface area contributed by atoms with Crippen LogP contribution in [0.1, 0.15) is 49.7 Å². The van der Waals surface area contributed by atoms with Gasteiger partial charge in [0, 0.05) is 12.3 Å². The average Bonchev–Trinajstić information content (AvgIpc) is 2.84. The highest BCUT2D eigenvalue weighted by Gasteiger charge is 2.31. The molecule has 1 aromatic rings. The van der Waals surface area contributed by atoms with Crippen molar-refractivity contribution in [2.75, 3.05) is 6.54 Å². The van der Waals surface area contributed by atoms with E-state index in [4.69, 9.17) is 10.3 Å². The highest BCUT2D eigenvalue weighted by molar-refractivity contribution is 4.99. The van der Waals surface area contributed by atoms with E-state index in [9.17, 15) is 13.2 Å². The topological polar surface area (TPSA) is 64.9 Å². The average molecular weight is 277 g/mol. The minimum atomic E-state index is -4.19. The normalized spacial score (nSPS) is 24.6. The van der Waals surface area contributed by atoms with Crippen molar-refractivity contribution in [2.24, 2.45) is 11.7 Å². The second kappa shape index (κ2) is 5.90. The first-order valence-corrected chi connectivity index (χ1v) is 6.59. The molecule has 108 valence electrons. The van der Waals surface area contributed by atoms with Crippen LogP contribution < -0.4 is 5.73 Å². The molecule has 0 spiro atoms. The fourth-order valence-corrected chi connectivity index (χ4v) is 2.59. The van der Waals surface area contributed by atoms with E-state index in [1.165, 1.54) is 0 Å². The van der Waals surface area contributed by atoms with Crippen LogP contribution in [0.4, 0.5) is 13.2 Å². The highest BCUT2D eigenvalue weighted by atomic mass is 19.4. The summed E-state index contributed by atoms with van der Waals surface area (Å²) in [5.74, 6) is 0.983. The van der Waals surface area contributed by atoms with Crippen molar-refractivity contribution >= 4 is 0 Å². The van der Waals surface area contributed by atoms with Crippen molar-refractivity contribution in [2.45, 2.75) is 50.6 Å². The van der Waals surface area contributed by atoms with Crippen LogP contribution >= 0.6 is 0 Å². The third-order valence-electron chi connectivity index (χ3n) is 3.64. The summed E-state index contributed by atoms with van der Waals surface area (Å²) in [7, 11) is 0. The number of nitrogens with two attached hydrogens (primary N) is 1. The largest absolute Gasteiger partial charge is 0.389 e. The van der Waals surface area contributed by atoms with Gasteiger partial charge in [-0.3, -0.25) is 0 Å². The SMILES string of the molecule is NCC1CCCCC1c1nc(CCC(F)(F)F)no1. The summed E-state index contributed by atoms with van der Waals surface area (Å²) in [6.45, 7) is 0.547. The predicted molar refractivity (Wildman–Crippen MR) is 62.4 cm³/mol. The molecule has 0 aliphatic heterocycles. The fraction of sp³-hybridized carbons (Fsp3) is 0.833. The Morgan fingerprint density at radius 2 is 2.00 bits per heavy atom. The molecule has 0 radical (unpaired) electrons. The number of aromatic nitrogens is 2. The maximum Gasteiger partial charge on any atom is 0.389 e. The van der Waals surface area contributed by atoms with Gasteiger partial charge in [-0.2, -0.15) is 18.2 Å². The lowest BCUT2D eigenvalue weighted by atomic mass is 9.79. The van der Waals surface area contributed by atoms with E-state index in [0.717, 1.165) is 25.7 Å². The maximum atomic E-state index is 12.1. The lowest BCUT2D eigenvalue weighted by Gasteiger charge is -2.27. The lowest BCUT2D eigenvalue weighted by Crippen LogP contribution is -2.25. The van der Waals surface area contributed by atoms with E-state index in [-0.39, 0.29) is 18.2 Å². The van der Waals surface area contributed by atoms with Crippen LogP contribution in [0.15, 0.2) is 4.52 Å². The van der Waals surface area contributed by atoms with Crippen molar-refractivity contribution in [3.05, 3.63) is 11.7 Å². The van der Waals surface area contributed by atoms with E-state index >= 15 is 0 Å². The molecule has 7 heteroatoms. The molecule has 1 aliphatic rings. The number of aryl methyl sites for hydroxylation is 1. The minimum absolute atomic E-state index is 0.103. The number of alkyl halides is 3. The summed E-state index contributed by atoms with van der Waals surface area (Å²) in [5, 5.41) is 3.64.